The number of benzene rings is 2. The zero-order valence-electron chi connectivity index (χ0n) is 19.8. The quantitative estimate of drug-likeness (QED) is 0.578. The summed E-state index contributed by atoms with van der Waals surface area (Å²) in [6.45, 7) is 5.03. The molecule has 1 fully saturated rings. The first-order valence-corrected chi connectivity index (χ1v) is 12.8. The van der Waals surface area contributed by atoms with Crippen LogP contribution in [0.25, 0.3) is 0 Å². The highest BCUT2D eigenvalue weighted by molar-refractivity contribution is 7.89. The van der Waals surface area contributed by atoms with E-state index in [2.05, 4.69) is 16.0 Å². The highest BCUT2D eigenvalue weighted by Gasteiger charge is 2.35. The van der Waals surface area contributed by atoms with E-state index < -0.39 is 22.0 Å². The van der Waals surface area contributed by atoms with Gasteiger partial charge < -0.3 is 20.7 Å². The Morgan fingerprint density at radius 2 is 1.77 bits per heavy atom. The number of piperidine rings is 1. The van der Waals surface area contributed by atoms with Gasteiger partial charge in [-0.1, -0.05) is 0 Å². The fraction of sp³-hybridized carbons (Fsp3) is 0.375. The number of anilines is 3. The molecule has 2 atom stereocenters. The van der Waals surface area contributed by atoms with Crippen LogP contribution >= 0.6 is 0 Å². The van der Waals surface area contributed by atoms with Gasteiger partial charge in [0.2, 0.25) is 21.8 Å². The molecule has 0 radical (unpaired) electrons. The number of ether oxygens (including phenoxy) is 1. The molecule has 3 amide bonds. The van der Waals surface area contributed by atoms with Crippen LogP contribution in [0.1, 0.15) is 32.3 Å². The first-order valence-electron chi connectivity index (χ1n) is 11.4. The SMILES string of the molecule is CC(=O)Nc1ccc(NC(=O)[C@H]2CCCN(S(=O)(=O)c3cc4c(cc3C)NC(=O)[C@@H](C)O4)C2)cc1. The number of carbonyl (C=O) groups excluding carboxylic acids is 3. The van der Waals surface area contributed by atoms with Crippen LogP contribution in [0.4, 0.5) is 17.1 Å². The van der Waals surface area contributed by atoms with Crippen LogP contribution in [0, 0.1) is 12.8 Å². The lowest BCUT2D eigenvalue weighted by atomic mass is 9.98. The summed E-state index contributed by atoms with van der Waals surface area (Å²) >= 11 is 0. The van der Waals surface area contributed by atoms with Crippen molar-refractivity contribution in [1.29, 1.82) is 0 Å². The van der Waals surface area contributed by atoms with E-state index in [1.807, 2.05) is 0 Å². The highest BCUT2D eigenvalue weighted by Crippen LogP contribution is 2.36. The van der Waals surface area contributed by atoms with E-state index >= 15 is 0 Å². The third-order valence-electron chi connectivity index (χ3n) is 6.05. The Hall–Kier alpha value is -3.44. The van der Waals surface area contributed by atoms with Gasteiger partial charge in [0.05, 0.1) is 16.5 Å². The standard InChI is InChI=1S/C24H28N4O6S/c1-14-11-20-21(34-15(2)23(30)27-20)12-22(14)35(32,33)28-10-4-5-17(13-28)24(31)26-19-8-6-18(7-9-19)25-16(3)29/h6-9,11-12,15,17H,4-5,10,13H2,1-3H3,(H,25,29)(H,26,31)(H,27,30)/t15-,17+/m1/s1. The smallest absolute Gasteiger partial charge is 0.265 e. The largest absolute Gasteiger partial charge is 0.479 e. The number of amides is 3. The monoisotopic (exact) mass is 500 g/mol. The van der Waals surface area contributed by atoms with E-state index in [1.165, 1.54) is 17.3 Å². The molecule has 0 aliphatic carbocycles. The molecule has 0 bridgehead atoms. The molecule has 186 valence electrons. The number of rotatable bonds is 5. The number of fused-ring (bicyclic) bond motifs is 1. The van der Waals surface area contributed by atoms with Crippen molar-refractivity contribution in [3.05, 3.63) is 42.0 Å². The van der Waals surface area contributed by atoms with Crippen molar-refractivity contribution in [3.63, 3.8) is 0 Å². The van der Waals surface area contributed by atoms with E-state index in [0.29, 0.717) is 47.8 Å². The number of nitrogens with one attached hydrogen (secondary N) is 3. The van der Waals surface area contributed by atoms with Crippen molar-refractivity contribution in [2.75, 3.05) is 29.0 Å². The van der Waals surface area contributed by atoms with Crippen molar-refractivity contribution < 1.29 is 27.5 Å². The molecule has 3 N–H and O–H groups in total. The van der Waals surface area contributed by atoms with Gasteiger partial charge in [0.15, 0.2) is 6.10 Å². The summed E-state index contributed by atoms with van der Waals surface area (Å²) in [7, 11) is -3.89. The second kappa shape index (κ2) is 9.67. The van der Waals surface area contributed by atoms with Crippen LogP contribution in [-0.4, -0.2) is 49.6 Å². The molecule has 2 aliphatic rings. The molecule has 1 saturated heterocycles. The maximum absolute atomic E-state index is 13.5. The minimum atomic E-state index is -3.89. The Bertz CT molecular complexity index is 1280. The molecule has 10 nitrogen and oxygen atoms in total. The van der Waals surface area contributed by atoms with E-state index in [4.69, 9.17) is 4.74 Å². The van der Waals surface area contributed by atoms with Crippen LogP contribution in [0.15, 0.2) is 41.3 Å². The molecule has 0 saturated carbocycles. The van der Waals surface area contributed by atoms with E-state index in [9.17, 15) is 22.8 Å². The molecule has 2 aromatic rings. The van der Waals surface area contributed by atoms with Crippen molar-refractivity contribution in [2.24, 2.45) is 5.92 Å². The third-order valence-corrected chi connectivity index (χ3v) is 8.06. The molecule has 2 aliphatic heterocycles. The summed E-state index contributed by atoms with van der Waals surface area (Å²) in [6, 6.07) is 9.74. The van der Waals surface area contributed by atoms with Gasteiger partial charge in [0.1, 0.15) is 5.75 Å². The van der Waals surface area contributed by atoms with Crippen molar-refractivity contribution >= 4 is 44.8 Å². The van der Waals surface area contributed by atoms with Crippen LogP contribution in [0.5, 0.6) is 5.75 Å². The number of aryl methyl sites for hydroxylation is 1. The van der Waals surface area contributed by atoms with Crippen LogP contribution in [0.3, 0.4) is 0 Å². The molecule has 35 heavy (non-hydrogen) atoms. The van der Waals surface area contributed by atoms with Crippen molar-refractivity contribution in [1.82, 2.24) is 4.31 Å². The van der Waals surface area contributed by atoms with Crippen molar-refractivity contribution in [2.45, 2.75) is 44.6 Å². The molecule has 2 aromatic carbocycles. The average Bonchev–Trinajstić information content (AvgIpc) is 2.81. The molecular formula is C24H28N4O6S. The Kier molecular flexibility index (Phi) is 6.82. The normalized spacial score (nSPS) is 20.3. The summed E-state index contributed by atoms with van der Waals surface area (Å²) < 4.78 is 33.9. The van der Waals surface area contributed by atoms with Gasteiger partial charge in [-0.15, -0.1) is 0 Å². The van der Waals surface area contributed by atoms with Gasteiger partial charge in [-0.25, -0.2) is 8.42 Å². The Morgan fingerprint density at radius 1 is 1.11 bits per heavy atom. The number of sulfonamides is 1. The molecule has 0 unspecified atom stereocenters. The van der Waals surface area contributed by atoms with Gasteiger partial charge >= 0.3 is 0 Å². The first kappa shape index (κ1) is 24.7. The van der Waals surface area contributed by atoms with Gasteiger partial charge in [-0.3, -0.25) is 14.4 Å². The van der Waals surface area contributed by atoms with Crippen molar-refractivity contribution in [3.8, 4) is 5.75 Å². The zero-order valence-corrected chi connectivity index (χ0v) is 20.6. The summed E-state index contributed by atoms with van der Waals surface area (Å²) in [5.74, 6) is -0.955. The Morgan fingerprint density at radius 3 is 2.43 bits per heavy atom. The van der Waals surface area contributed by atoms with Crippen LogP contribution in [-0.2, 0) is 24.4 Å². The fourth-order valence-electron chi connectivity index (χ4n) is 4.22. The summed E-state index contributed by atoms with van der Waals surface area (Å²) in [4.78, 5) is 36.0. The lowest BCUT2D eigenvalue weighted by Crippen LogP contribution is -2.44. The maximum atomic E-state index is 13.5. The predicted octanol–water partition coefficient (Wildman–Crippen LogP) is 2.71. The fourth-order valence-corrected chi connectivity index (χ4v) is 5.96. The minimum absolute atomic E-state index is 0.0582. The lowest BCUT2D eigenvalue weighted by Gasteiger charge is -2.32. The molecule has 2 heterocycles. The number of hydrogen-bond acceptors (Lipinski definition) is 6. The average molecular weight is 501 g/mol. The Balaban J connectivity index is 1.48. The topological polar surface area (TPSA) is 134 Å². The number of carbonyl (C=O) groups is 3. The summed E-state index contributed by atoms with van der Waals surface area (Å²) in [6.07, 6.45) is 0.389. The second-order valence-corrected chi connectivity index (χ2v) is 10.7. The van der Waals surface area contributed by atoms with Gasteiger partial charge in [-0.05, 0) is 62.6 Å². The van der Waals surface area contributed by atoms with Gasteiger partial charge in [0.25, 0.3) is 5.91 Å². The number of nitrogens with zero attached hydrogens (tertiary/aromatic N) is 1. The third kappa shape index (κ3) is 5.30. The highest BCUT2D eigenvalue weighted by atomic mass is 32.2. The van der Waals surface area contributed by atoms with Crippen LogP contribution < -0.4 is 20.7 Å². The van der Waals surface area contributed by atoms with Gasteiger partial charge in [0, 0.05) is 37.5 Å². The molecule has 0 aromatic heterocycles. The van der Waals surface area contributed by atoms with E-state index in [1.54, 1.807) is 44.2 Å². The molecule has 0 spiro atoms. The zero-order chi connectivity index (χ0) is 25.3. The lowest BCUT2D eigenvalue weighted by molar-refractivity contribution is -0.123. The minimum Gasteiger partial charge on any atom is -0.479 e. The molecule has 11 heteroatoms. The second-order valence-electron chi connectivity index (χ2n) is 8.81. The summed E-state index contributed by atoms with van der Waals surface area (Å²) in [5.41, 5.74) is 2.09. The predicted molar refractivity (Wildman–Crippen MR) is 131 cm³/mol. The maximum Gasteiger partial charge on any atom is 0.265 e. The van der Waals surface area contributed by atoms with E-state index in [-0.39, 0.29) is 29.2 Å². The first-order chi connectivity index (χ1) is 16.5. The molecule has 4 rings (SSSR count). The molecular weight excluding hydrogens is 472 g/mol. The van der Waals surface area contributed by atoms with Crippen LogP contribution in [0.2, 0.25) is 0 Å². The summed E-state index contributed by atoms with van der Waals surface area (Å²) in [5, 5.41) is 8.21. The van der Waals surface area contributed by atoms with Gasteiger partial charge in [-0.2, -0.15) is 4.31 Å². The van der Waals surface area contributed by atoms with E-state index in [0.717, 1.165) is 0 Å². The Labute approximate surface area is 204 Å². The number of hydrogen-bond donors (Lipinski definition) is 3.